The molecule has 1 aliphatic heterocycles. The summed E-state index contributed by atoms with van der Waals surface area (Å²) in [7, 11) is 0. The van der Waals surface area contributed by atoms with Crippen LogP contribution in [0.25, 0.3) is 23.2 Å². The lowest BCUT2D eigenvalue weighted by atomic mass is 10.1. The summed E-state index contributed by atoms with van der Waals surface area (Å²) in [4.78, 5) is 18.0. The van der Waals surface area contributed by atoms with Gasteiger partial charge >= 0.3 is 0 Å². The van der Waals surface area contributed by atoms with E-state index >= 15 is 0 Å². The van der Waals surface area contributed by atoms with Crippen molar-refractivity contribution < 1.29 is 4.79 Å². The van der Waals surface area contributed by atoms with Crippen molar-refractivity contribution in [3.05, 3.63) is 75.1 Å². The number of hydrogen-bond donors (Lipinski definition) is 0. The Morgan fingerprint density at radius 3 is 2.63 bits per heavy atom. The molecule has 0 radical (unpaired) electrons. The smallest absolute Gasteiger partial charge is 0.273 e. The van der Waals surface area contributed by atoms with E-state index in [2.05, 4.69) is 27.0 Å². The molecule has 1 atom stereocenters. The summed E-state index contributed by atoms with van der Waals surface area (Å²) in [6.45, 7) is 0.728. The van der Waals surface area contributed by atoms with Gasteiger partial charge in [0.25, 0.3) is 5.91 Å². The lowest BCUT2D eigenvalue weighted by Crippen LogP contribution is -2.32. The molecule has 150 valence electrons. The van der Waals surface area contributed by atoms with Crippen LogP contribution < -0.4 is 0 Å². The monoisotopic (exact) mass is 433 g/mol. The van der Waals surface area contributed by atoms with E-state index in [1.807, 2.05) is 64.9 Å². The molecule has 1 saturated heterocycles. The Kier molecular flexibility index (Phi) is 5.25. The number of amides is 1. The van der Waals surface area contributed by atoms with Gasteiger partial charge in [-0.25, -0.2) is 0 Å². The van der Waals surface area contributed by atoms with E-state index in [-0.39, 0.29) is 11.9 Å². The molecule has 0 aliphatic carbocycles. The molecule has 0 N–H and O–H groups in total. The Morgan fingerprint density at radius 1 is 1.03 bits per heavy atom. The predicted molar refractivity (Wildman–Crippen MR) is 120 cm³/mol. The third-order valence-electron chi connectivity index (χ3n) is 5.16. The minimum absolute atomic E-state index is 0.0521. The quantitative estimate of drug-likeness (QED) is 0.423. The molecule has 8 heteroatoms. The Balaban J connectivity index is 1.58. The molecule has 1 unspecified atom stereocenters. The Labute approximate surface area is 182 Å². The number of carbonyl (C=O) groups excluding carboxylic acids is 1. The topological polar surface area (TPSA) is 63.9 Å². The first-order valence-electron chi connectivity index (χ1n) is 9.75. The van der Waals surface area contributed by atoms with E-state index in [0.29, 0.717) is 11.5 Å². The van der Waals surface area contributed by atoms with Crippen LogP contribution in [0.15, 0.2) is 65.4 Å². The molecule has 4 aromatic rings. The molecule has 0 spiro atoms. The summed E-state index contributed by atoms with van der Waals surface area (Å²) in [5.41, 5.74) is 1.33. The van der Waals surface area contributed by atoms with Gasteiger partial charge in [0.15, 0.2) is 5.82 Å². The molecule has 6 nitrogen and oxygen atoms in total. The average molecular weight is 434 g/mol. The van der Waals surface area contributed by atoms with Crippen molar-refractivity contribution in [2.24, 2.45) is 0 Å². The fourth-order valence-corrected chi connectivity index (χ4v) is 5.30. The van der Waals surface area contributed by atoms with Crippen LogP contribution in [-0.2, 0) is 4.79 Å². The molecule has 1 fully saturated rings. The van der Waals surface area contributed by atoms with Crippen LogP contribution in [-0.4, -0.2) is 37.6 Å². The first-order valence-corrected chi connectivity index (χ1v) is 11.5. The standard InChI is InChI=1S/C22H19N5OS2/c28-22(26-12-4-10-18(26)20-11-6-14-30-20)19(15-17-9-5-13-29-17)27-21(23-24-25-27)16-7-2-1-3-8-16/h1-3,5-9,11,13-15,18H,4,10,12H2. The number of carbonyl (C=O) groups is 1. The van der Waals surface area contributed by atoms with Gasteiger partial charge in [0, 0.05) is 21.9 Å². The lowest BCUT2D eigenvalue weighted by Gasteiger charge is -2.25. The molecule has 5 rings (SSSR count). The van der Waals surface area contributed by atoms with Crippen LogP contribution in [0.5, 0.6) is 0 Å². The normalized spacial score (nSPS) is 16.9. The minimum Gasteiger partial charge on any atom is -0.329 e. The van der Waals surface area contributed by atoms with Crippen molar-refractivity contribution in [1.82, 2.24) is 25.1 Å². The van der Waals surface area contributed by atoms with Gasteiger partial charge in [-0.15, -0.1) is 27.8 Å². The number of tetrazole rings is 1. The number of likely N-dealkylation sites (tertiary alicyclic amines) is 1. The zero-order valence-electron chi connectivity index (χ0n) is 16.1. The van der Waals surface area contributed by atoms with E-state index in [4.69, 9.17) is 0 Å². The molecular formula is C22H19N5OS2. The van der Waals surface area contributed by atoms with Gasteiger partial charge in [0.1, 0.15) is 5.70 Å². The van der Waals surface area contributed by atoms with Crippen LogP contribution in [0.3, 0.4) is 0 Å². The highest BCUT2D eigenvalue weighted by molar-refractivity contribution is 7.11. The predicted octanol–water partition coefficient (Wildman–Crippen LogP) is 4.82. The highest BCUT2D eigenvalue weighted by Gasteiger charge is 2.34. The van der Waals surface area contributed by atoms with Crippen LogP contribution in [0.2, 0.25) is 0 Å². The van der Waals surface area contributed by atoms with E-state index in [1.165, 1.54) is 4.88 Å². The largest absolute Gasteiger partial charge is 0.329 e. The SMILES string of the molecule is O=C(C(=Cc1cccs1)n1nnnc1-c1ccccc1)N1CCCC1c1cccs1. The van der Waals surface area contributed by atoms with Gasteiger partial charge in [-0.05, 0) is 52.2 Å². The summed E-state index contributed by atoms with van der Waals surface area (Å²) in [5, 5.41) is 16.4. The van der Waals surface area contributed by atoms with E-state index in [0.717, 1.165) is 29.8 Å². The summed E-state index contributed by atoms with van der Waals surface area (Å²) >= 11 is 3.28. The van der Waals surface area contributed by atoms with Crippen LogP contribution in [0.4, 0.5) is 0 Å². The highest BCUT2D eigenvalue weighted by atomic mass is 32.1. The van der Waals surface area contributed by atoms with Crippen molar-refractivity contribution in [1.29, 1.82) is 0 Å². The Hall–Kier alpha value is -3.10. The van der Waals surface area contributed by atoms with Gasteiger partial charge in [0.2, 0.25) is 0 Å². The fourth-order valence-electron chi connectivity index (χ4n) is 3.77. The summed E-state index contributed by atoms with van der Waals surface area (Å²) in [6, 6.07) is 17.9. The van der Waals surface area contributed by atoms with Crippen LogP contribution in [0, 0.1) is 0 Å². The molecule has 1 amide bonds. The van der Waals surface area contributed by atoms with Crippen LogP contribution >= 0.6 is 22.7 Å². The van der Waals surface area contributed by atoms with Gasteiger partial charge in [-0.3, -0.25) is 4.79 Å². The van der Waals surface area contributed by atoms with Crippen molar-refractivity contribution in [3.8, 4) is 11.4 Å². The number of aromatic nitrogens is 4. The summed E-state index contributed by atoms with van der Waals surface area (Å²) in [5.74, 6) is 0.502. The van der Waals surface area contributed by atoms with Gasteiger partial charge < -0.3 is 4.90 Å². The maximum atomic E-state index is 13.8. The molecule has 1 aromatic carbocycles. The van der Waals surface area contributed by atoms with Crippen LogP contribution in [0.1, 0.15) is 28.6 Å². The molecule has 0 bridgehead atoms. The van der Waals surface area contributed by atoms with E-state index < -0.39 is 0 Å². The molecule has 4 heterocycles. The van der Waals surface area contributed by atoms with Gasteiger partial charge in [0.05, 0.1) is 6.04 Å². The number of nitrogens with zero attached hydrogens (tertiary/aromatic N) is 5. The zero-order chi connectivity index (χ0) is 20.3. The third kappa shape index (κ3) is 3.59. The van der Waals surface area contributed by atoms with Gasteiger partial charge in [-0.2, -0.15) is 4.68 Å². The summed E-state index contributed by atoms with van der Waals surface area (Å²) < 4.78 is 1.57. The molecular weight excluding hydrogens is 414 g/mol. The maximum Gasteiger partial charge on any atom is 0.273 e. The van der Waals surface area contributed by atoms with Gasteiger partial charge in [-0.1, -0.05) is 42.5 Å². The molecule has 1 aliphatic rings. The van der Waals surface area contributed by atoms with Crippen molar-refractivity contribution in [2.75, 3.05) is 6.54 Å². The zero-order valence-corrected chi connectivity index (χ0v) is 17.7. The van der Waals surface area contributed by atoms with Crippen molar-refractivity contribution in [2.45, 2.75) is 18.9 Å². The maximum absolute atomic E-state index is 13.8. The molecule has 30 heavy (non-hydrogen) atoms. The summed E-state index contributed by atoms with van der Waals surface area (Å²) in [6.07, 6.45) is 3.85. The first kappa shape index (κ1) is 18.9. The second-order valence-electron chi connectivity index (χ2n) is 7.00. The third-order valence-corrected chi connectivity index (χ3v) is 6.95. The number of benzene rings is 1. The first-order chi connectivity index (χ1) is 14.8. The van der Waals surface area contributed by atoms with E-state index in [1.54, 1.807) is 27.4 Å². The number of thiophene rings is 2. The Morgan fingerprint density at radius 2 is 1.87 bits per heavy atom. The second-order valence-corrected chi connectivity index (χ2v) is 8.96. The lowest BCUT2D eigenvalue weighted by molar-refractivity contribution is -0.126. The highest BCUT2D eigenvalue weighted by Crippen LogP contribution is 2.36. The van der Waals surface area contributed by atoms with Crippen molar-refractivity contribution >= 4 is 40.4 Å². The number of hydrogen-bond acceptors (Lipinski definition) is 6. The Bertz CT molecular complexity index is 1150. The molecule has 0 saturated carbocycles. The van der Waals surface area contributed by atoms with Crippen molar-refractivity contribution in [3.63, 3.8) is 0 Å². The number of rotatable bonds is 5. The molecule has 3 aromatic heterocycles. The minimum atomic E-state index is -0.0521. The fraction of sp³-hybridized carbons (Fsp3) is 0.182. The second kappa shape index (κ2) is 8.33. The van der Waals surface area contributed by atoms with E-state index in [9.17, 15) is 4.79 Å². The average Bonchev–Trinajstić information content (AvgIpc) is 3.58.